The van der Waals surface area contributed by atoms with Gasteiger partial charge >= 0.3 is 0 Å². The molecule has 1 atom stereocenters. The van der Waals surface area contributed by atoms with Gasteiger partial charge < -0.3 is 15.2 Å². The molecule has 0 aliphatic carbocycles. The fourth-order valence-corrected chi connectivity index (χ4v) is 2.63. The number of rotatable bonds is 6. The number of amides is 1. The van der Waals surface area contributed by atoms with Crippen molar-refractivity contribution in [3.05, 3.63) is 30.1 Å². The van der Waals surface area contributed by atoms with Crippen molar-refractivity contribution < 1.29 is 18.7 Å². The van der Waals surface area contributed by atoms with Gasteiger partial charge in [-0.3, -0.25) is 9.69 Å². The molecule has 0 saturated carbocycles. The maximum absolute atomic E-state index is 12.9. The van der Waals surface area contributed by atoms with E-state index in [4.69, 9.17) is 15.2 Å². The van der Waals surface area contributed by atoms with Gasteiger partial charge in [0.1, 0.15) is 23.8 Å². The molecular weight excluding hydrogens is 275 g/mol. The van der Waals surface area contributed by atoms with Gasteiger partial charge in [0.2, 0.25) is 5.91 Å². The van der Waals surface area contributed by atoms with E-state index in [-0.39, 0.29) is 18.3 Å². The van der Waals surface area contributed by atoms with Crippen LogP contribution < -0.4 is 10.5 Å². The third kappa shape index (κ3) is 4.41. The van der Waals surface area contributed by atoms with Crippen molar-refractivity contribution in [2.75, 3.05) is 33.4 Å². The second-order valence-electron chi connectivity index (χ2n) is 5.41. The number of methoxy groups -OCH3 is 1. The standard InChI is InChI=1S/C15H21FN2O3/c1-20-15(7-2-8-18(10-15)9-14(17)19)11-21-13-5-3-12(16)4-6-13/h3-6H,2,7-11H2,1H3,(H2,17,19). The Morgan fingerprint density at radius 1 is 1.43 bits per heavy atom. The highest BCUT2D eigenvalue weighted by Crippen LogP contribution is 2.26. The molecule has 5 nitrogen and oxygen atoms in total. The molecule has 0 aromatic heterocycles. The van der Waals surface area contributed by atoms with Crippen LogP contribution in [0, 0.1) is 5.82 Å². The lowest BCUT2D eigenvalue weighted by Crippen LogP contribution is -2.54. The van der Waals surface area contributed by atoms with Crippen molar-refractivity contribution in [1.82, 2.24) is 4.90 Å². The first-order chi connectivity index (χ1) is 10.0. The molecule has 1 aromatic rings. The van der Waals surface area contributed by atoms with Crippen LogP contribution in [0.5, 0.6) is 5.75 Å². The van der Waals surface area contributed by atoms with E-state index in [0.717, 1.165) is 19.4 Å². The lowest BCUT2D eigenvalue weighted by atomic mass is 9.93. The van der Waals surface area contributed by atoms with Crippen LogP contribution in [0.4, 0.5) is 4.39 Å². The number of piperidine rings is 1. The summed E-state index contributed by atoms with van der Waals surface area (Å²) in [5.41, 5.74) is 4.77. The third-order valence-electron chi connectivity index (χ3n) is 3.75. The number of nitrogens with zero attached hydrogens (tertiary/aromatic N) is 1. The summed E-state index contributed by atoms with van der Waals surface area (Å²) in [7, 11) is 1.64. The predicted octanol–water partition coefficient (Wildman–Crippen LogP) is 1.17. The number of likely N-dealkylation sites (tertiary alicyclic amines) is 1. The summed E-state index contributed by atoms with van der Waals surface area (Å²) in [5, 5.41) is 0. The van der Waals surface area contributed by atoms with Crippen LogP contribution in [0.15, 0.2) is 24.3 Å². The highest BCUT2D eigenvalue weighted by atomic mass is 19.1. The molecule has 1 heterocycles. The Bertz CT molecular complexity index is 480. The van der Waals surface area contributed by atoms with Gasteiger partial charge in [-0.2, -0.15) is 0 Å². The van der Waals surface area contributed by atoms with Crippen LogP contribution in [-0.4, -0.2) is 49.8 Å². The monoisotopic (exact) mass is 296 g/mol. The van der Waals surface area contributed by atoms with Crippen LogP contribution in [0.3, 0.4) is 0 Å². The van der Waals surface area contributed by atoms with Crippen LogP contribution in [0.1, 0.15) is 12.8 Å². The van der Waals surface area contributed by atoms with Gasteiger partial charge in [0.25, 0.3) is 0 Å². The first kappa shape index (κ1) is 15.7. The number of primary amides is 1. The molecule has 0 spiro atoms. The molecule has 1 aliphatic heterocycles. The zero-order valence-electron chi connectivity index (χ0n) is 12.2. The third-order valence-corrected chi connectivity index (χ3v) is 3.75. The summed E-state index contributed by atoms with van der Waals surface area (Å²) in [6.45, 7) is 1.99. The average Bonchev–Trinajstić information content (AvgIpc) is 2.46. The van der Waals surface area contributed by atoms with Crippen molar-refractivity contribution in [3.63, 3.8) is 0 Å². The number of benzene rings is 1. The number of ether oxygens (including phenoxy) is 2. The lowest BCUT2D eigenvalue weighted by molar-refractivity contribution is -0.123. The first-order valence-electron chi connectivity index (χ1n) is 6.97. The quantitative estimate of drug-likeness (QED) is 0.856. The van der Waals surface area contributed by atoms with Crippen LogP contribution >= 0.6 is 0 Å². The second-order valence-corrected chi connectivity index (χ2v) is 5.41. The molecule has 21 heavy (non-hydrogen) atoms. The number of hydrogen-bond acceptors (Lipinski definition) is 4. The van der Waals surface area contributed by atoms with Crippen molar-refractivity contribution >= 4 is 5.91 Å². The molecular formula is C15H21FN2O3. The molecule has 1 saturated heterocycles. The van der Waals surface area contributed by atoms with E-state index >= 15 is 0 Å². The average molecular weight is 296 g/mol. The van der Waals surface area contributed by atoms with Gasteiger partial charge in [0.15, 0.2) is 0 Å². The molecule has 1 unspecified atom stereocenters. The largest absolute Gasteiger partial charge is 0.491 e. The van der Waals surface area contributed by atoms with E-state index in [0.29, 0.717) is 18.9 Å². The Morgan fingerprint density at radius 3 is 2.76 bits per heavy atom. The van der Waals surface area contributed by atoms with Crippen molar-refractivity contribution in [2.24, 2.45) is 5.73 Å². The highest BCUT2D eigenvalue weighted by Gasteiger charge is 2.36. The smallest absolute Gasteiger partial charge is 0.231 e. The number of carbonyl (C=O) groups excluding carboxylic acids is 1. The zero-order chi connectivity index (χ0) is 15.3. The summed E-state index contributed by atoms with van der Waals surface area (Å²) < 4.78 is 24.2. The molecule has 1 amide bonds. The number of nitrogens with two attached hydrogens (primary N) is 1. The van der Waals surface area contributed by atoms with E-state index in [1.807, 2.05) is 4.90 Å². The minimum absolute atomic E-state index is 0.224. The Kier molecular flexibility index (Phi) is 5.14. The van der Waals surface area contributed by atoms with E-state index < -0.39 is 5.60 Å². The number of hydrogen-bond donors (Lipinski definition) is 1. The lowest BCUT2D eigenvalue weighted by Gasteiger charge is -2.41. The van der Waals surface area contributed by atoms with Gasteiger partial charge in [-0.25, -0.2) is 4.39 Å². The maximum Gasteiger partial charge on any atom is 0.231 e. The highest BCUT2D eigenvalue weighted by molar-refractivity contribution is 5.75. The topological polar surface area (TPSA) is 64.8 Å². The van der Waals surface area contributed by atoms with Crippen molar-refractivity contribution in [1.29, 1.82) is 0 Å². The number of carbonyl (C=O) groups is 1. The molecule has 1 fully saturated rings. The van der Waals surface area contributed by atoms with Crippen LogP contribution in [-0.2, 0) is 9.53 Å². The fraction of sp³-hybridized carbons (Fsp3) is 0.533. The van der Waals surface area contributed by atoms with Gasteiger partial charge in [-0.1, -0.05) is 0 Å². The summed E-state index contributed by atoms with van der Waals surface area (Å²) in [6, 6.07) is 5.88. The van der Waals surface area contributed by atoms with Crippen molar-refractivity contribution in [3.8, 4) is 5.75 Å². The van der Waals surface area contributed by atoms with Crippen molar-refractivity contribution in [2.45, 2.75) is 18.4 Å². The zero-order valence-corrected chi connectivity index (χ0v) is 12.2. The van der Waals surface area contributed by atoms with Gasteiger partial charge in [0.05, 0.1) is 6.54 Å². The van der Waals surface area contributed by atoms with Crippen LogP contribution in [0.2, 0.25) is 0 Å². The normalized spacial score (nSPS) is 23.0. The predicted molar refractivity (Wildman–Crippen MR) is 76.5 cm³/mol. The number of halogens is 1. The minimum Gasteiger partial charge on any atom is -0.491 e. The molecule has 6 heteroatoms. The maximum atomic E-state index is 12.9. The van der Waals surface area contributed by atoms with Gasteiger partial charge in [-0.15, -0.1) is 0 Å². The van der Waals surface area contributed by atoms with E-state index in [9.17, 15) is 9.18 Å². The fourth-order valence-electron chi connectivity index (χ4n) is 2.63. The molecule has 1 aliphatic rings. The first-order valence-corrected chi connectivity index (χ1v) is 6.97. The summed E-state index contributed by atoms with van der Waals surface area (Å²) in [4.78, 5) is 13.0. The molecule has 0 bridgehead atoms. The minimum atomic E-state index is -0.470. The second kappa shape index (κ2) is 6.87. The Balaban J connectivity index is 1.96. The Labute approximate surface area is 123 Å². The van der Waals surface area contributed by atoms with E-state index in [1.54, 1.807) is 19.2 Å². The summed E-state index contributed by atoms with van der Waals surface area (Å²) in [5.74, 6) is -0.0460. The SMILES string of the molecule is COC1(COc2ccc(F)cc2)CCCN(CC(N)=O)C1. The van der Waals surface area contributed by atoms with Gasteiger partial charge in [-0.05, 0) is 43.7 Å². The summed E-state index contributed by atoms with van der Waals surface area (Å²) in [6.07, 6.45) is 1.76. The molecule has 2 rings (SSSR count). The van der Waals surface area contributed by atoms with E-state index in [2.05, 4.69) is 0 Å². The molecule has 116 valence electrons. The molecule has 2 N–H and O–H groups in total. The molecule has 0 radical (unpaired) electrons. The van der Waals surface area contributed by atoms with E-state index in [1.165, 1.54) is 12.1 Å². The Morgan fingerprint density at radius 2 is 2.14 bits per heavy atom. The summed E-state index contributed by atoms with van der Waals surface area (Å²) >= 11 is 0. The van der Waals surface area contributed by atoms with Gasteiger partial charge in [0, 0.05) is 13.7 Å². The Hall–Kier alpha value is -1.66. The molecule has 1 aromatic carbocycles. The van der Waals surface area contributed by atoms with Crippen LogP contribution in [0.25, 0.3) is 0 Å².